The van der Waals surface area contributed by atoms with Crippen LogP contribution in [-0.2, 0) is 18.8 Å². The molecule has 0 bridgehead atoms. The van der Waals surface area contributed by atoms with Gasteiger partial charge in [-0.05, 0) is 23.8 Å². The highest BCUT2D eigenvalue weighted by Crippen LogP contribution is 2.38. The molecule has 4 rings (SSSR count). The molecule has 0 aliphatic rings. The van der Waals surface area contributed by atoms with E-state index in [2.05, 4.69) is 15.0 Å². The van der Waals surface area contributed by atoms with Gasteiger partial charge in [-0.15, -0.1) is 11.3 Å². The van der Waals surface area contributed by atoms with Crippen molar-refractivity contribution in [1.29, 1.82) is 0 Å². The summed E-state index contributed by atoms with van der Waals surface area (Å²) in [6, 6.07) is 8.03. The first-order chi connectivity index (χ1) is 15.5. The normalized spacial score (nSPS) is 12.2. The van der Waals surface area contributed by atoms with Crippen molar-refractivity contribution in [3.63, 3.8) is 0 Å². The van der Waals surface area contributed by atoms with Gasteiger partial charge in [-0.2, -0.15) is 26.3 Å². The van der Waals surface area contributed by atoms with Gasteiger partial charge in [-0.3, -0.25) is 4.79 Å². The maximum Gasteiger partial charge on any atom is 0.416 e. The van der Waals surface area contributed by atoms with Gasteiger partial charge in [-0.25, -0.2) is 9.97 Å². The molecular weight excluding hydrogens is 468 g/mol. The molecule has 0 fully saturated rings. The molecule has 1 N–H and O–H groups in total. The van der Waals surface area contributed by atoms with Gasteiger partial charge < -0.3 is 4.98 Å². The number of imidazole rings is 1. The number of carbonyl (C=O) groups excluding carboxylic acids is 1. The van der Waals surface area contributed by atoms with Gasteiger partial charge in [-0.1, -0.05) is 24.3 Å². The van der Waals surface area contributed by atoms with Crippen LogP contribution in [0.4, 0.5) is 26.3 Å². The smallest absolute Gasteiger partial charge is 0.338 e. The van der Waals surface area contributed by atoms with Crippen molar-refractivity contribution in [2.75, 3.05) is 0 Å². The lowest BCUT2D eigenvalue weighted by molar-refractivity contribution is -0.143. The zero-order valence-electron chi connectivity index (χ0n) is 16.5. The molecule has 0 spiro atoms. The molecule has 0 saturated carbocycles. The quantitative estimate of drug-likeness (QED) is 0.256. The number of thiazole rings is 1. The van der Waals surface area contributed by atoms with Gasteiger partial charge in [0.1, 0.15) is 11.5 Å². The van der Waals surface area contributed by atoms with E-state index in [-0.39, 0.29) is 35.4 Å². The number of hydrogen-bond acceptors (Lipinski definition) is 4. The number of aromatic nitrogens is 3. The van der Waals surface area contributed by atoms with Crippen molar-refractivity contribution in [3.05, 3.63) is 81.9 Å². The van der Waals surface area contributed by atoms with Crippen molar-refractivity contribution in [3.8, 4) is 22.6 Å². The number of rotatable bonds is 5. The fraction of sp³-hybridized carbons (Fsp3) is 0.136. The highest BCUT2D eigenvalue weighted by molar-refractivity contribution is 7.07. The number of Topliss-reactive ketones (excluding diaryl/α,β-unsaturated/α-hetero) is 1. The second-order valence-electron chi connectivity index (χ2n) is 7.11. The number of alkyl halides is 6. The third-order valence-corrected chi connectivity index (χ3v) is 5.37. The van der Waals surface area contributed by atoms with E-state index in [1.54, 1.807) is 35.2 Å². The van der Waals surface area contributed by atoms with Gasteiger partial charge in [0.05, 0.1) is 28.5 Å². The van der Waals surface area contributed by atoms with E-state index in [1.807, 2.05) is 0 Å². The van der Waals surface area contributed by atoms with Crippen molar-refractivity contribution in [2.45, 2.75) is 18.8 Å². The summed E-state index contributed by atoms with van der Waals surface area (Å²) in [6.07, 6.45) is -8.57. The first kappa shape index (κ1) is 22.7. The largest absolute Gasteiger partial charge is 0.416 e. The van der Waals surface area contributed by atoms with Crippen LogP contribution in [0, 0.1) is 0 Å². The van der Waals surface area contributed by atoms with E-state index in [4.69, 9.17) is 0 Å². The predicted molar refractivity (Wildman–Crippen MR) is 110 cm³/mol. The van der Waals surface area contributed by atoms with E-state index in [9.17, 15) is 31.1 Å². The van der Waals surface area contributed by atoms with E-state index in [0.29, 0.717) is 23.4 Å². The van der Waals surface area contributed by atoms with Crippen LogP contribution in [0.3, 0.4) is 0 Å². The predicted octanol–water partition coefficient (Wildman–Crippen LogP) is 6.66. The summed E-state index contributed by atoms with van der Waals surface area (Å²) >= 11 is 1.31. The van der Waals surface area contributed by atoms with Gasteiger partial charge >= 0.3 is 12.4 Å². The summed E-state index contributed by atoms with van der Waals surface area (Å²) in [5.41, 5.74) is 0.109. The fourth-order valence-corrected chi connectivity index (χ4v) is 3.69. The molecule has 4 aromatic rings. The fourth-order valence-electron chi connectivity index (χ4n) is 3.13. The number of hydrogen-bond donors (Lipinski definition) is 1. The Labute approximate surface area is 187 Å². The van der Waals surface area contributed by atoms with Crippen molar-refractivity contribution in [2.24, 2.45) is 0 Å². The molecule has 2 heterocycles. The molecule has 0 aliphatic heterocycles. The van der Waals surface area contributed by atoms with Crippen LogP contribution >= 0.6 is 11.3 Å². The number of benzene rings is 2. The molecule has 4 nitrogen and oxygen atoms in total. The minimum absolute atomic E-state index is 0.00406. The zero-order valence-corrected chi connectivity index (χ0v) is 17.3. The van der Waals surface area contributed by atoms with Crippen LogP contribution in [0.5, 0.6) is 0 Å². The number of carbonyl (C=O) groups is 1. The third kappa shape index (κ3) is 5.14. The summed E-state index contributed by atoms with van der Waals surface area (Å²) in [5, 5.41) is 1.65. The van der Waals surface area contributed by atoms with Gasteiger partial charge in [0.15, 0.2) is 5.78 Å². The Morgan fingerprint density at radius 2 is 1.52 bits per heavy atom. The molecule has 33 heavy (non-hydrogen) atoms. The van der Waals surface area contributed by atoms with E-state index in [1.165, 1.54) is 17.5 Å². The number of halogens is 6. The number of ketones is 1. The maximum atomic E-state index is 13.1. The van der Waals surface area contributed by atoms with Gasteiger partial charge in [0, 0.05) is 22.9 Å². The monoisotopic (exact) mass is 481 g/mol. The molecule has 0 saturated heterocycles. The average Bonchev–Trinajstić information content (AvgIpc) is 3.45. The summed E-state index contributed by atoms with van der Waals surface area (Å²) in [6.45, 7) is 0. The molecule has 0 unspecified atom stereocenters. The lowest BCUT2D eigenvalue weighted by atomic mass is 10.0. The molecule has 0 radical (unpaired) electrons. The van der Waals surface area contributed by atoms with E-state index >= 15 is 0 Å². The van der Waals surface area contributed by atoms with Crippen molar-refractivity contribution >= 4 is 17.1 Å². The number of nitrogens with zero attached hydrogens (tertiary/aromatic N) is 2. The zero-order chi connectivity index (χ0) is 23.8. The minimum atomic E-state index is -4.94. The Bertz CT molecular complexity index is 1240. The van der Waals surface area contributed by atoms with Crippen molar-refractivity contribution < 1.29 is 31.1 Å². The van der Waals surface area contributed by atoms with Crippen LogP contribution in [0.15, 0.2) is 59.6 Å². The summed E-state index contributed by atoms with van der Waals surface area (Å²) in [7, 11) is 0. The van der Waals surface area contributed by atoms with Crippen LogP contribution in [-0.4, -0.2) is 20.7 Å². The number of nitrogens with one attached hydrogen (secondary N) is 1. The Balaban J connectivity index is 1.60. The number of H-pyrrole nitrogens is 1. The Morgan fingerprint density at radius 1 is 0.879 bits per heavy atom. The van der Waals surface area contributed by atoms with Gasteiger partial charge in [0.2, 0.25) is 0 Å². The van der Waals surface area contributed by atoms with Crippen LogP contribution in [0.1, 0.15) is 27.2 Å². The lowest BCUT2D eigenvalue weighted by Gasteiger charge is -2.13. The first-order valence-electron chi connectivity index (χ1n) is 9.36. The average molecular weight is 481 g/mol. The van der Waals surface area contributed by atoms with Crippen LogP contribution in [0.2, 0.25) is 0 Å². The summed E-state index contributed by atoms with van der Waals surface area (Å²) in [5.74, 6) is 0.114. The number of aromatic amines is 1. The molecule has 0 atom stereocenters. The molecular formula is C22H13F6N3OS. The molecule has 170 valence electrons. The maximum absolute atomic E-state index is 13.1. The second-order valence-corrected chi connectivity index (χ2v) is 7.83. The minimum Gasteiger partial charge on any atom is -0.338 e. The molecule has 0 amide bonds. The van der Waals surface area contributed by atoms with Crippen molar-refractivity contribution in [1.82, 2.24) is 15.0 Å². The van der Waals surface area contributed by atoms with Gasteiger partial charge in [0.25, 0.3) is 0 Å². The third-order valence-electron chi connectivity index (χ3n) is 4.78. The topological polar surface area (TPSA) is 58.6 Å². The second kappa shape index (κ2) is 8.47. The Kier molecular flexibility index (Phi) is 5.83. The molecule has 0 aliphatic carbocycles. The lowest BCUT2D eigenvalue weighted by Crippen LogP contribution is -2.11. The Hall–Kier alpha value is -3.47. The van der Waals surface area contributed by atoms with Crippen LogP contribution in [0.25, 0.3) is 22.6 Å². The standard InChI is InChI=1S/C22H13F6N3OS/c23-21(24,25)15-6-14(7-16(8-15)22(26,27)28)17-9-29-20(31-17)13-3-1-12(2-4-13)5-19(32)18-10-33-11-30-18/h1-4,6-11H,5H2,(H,29,31). The molecule has 2 aromatic carbocycles. The van der Waals surface area contributed by atoms with E-state index < -0.39 is 23.5 Å². The van der Waals surface area contributed by atoms with E-state index in [0.717, 1.165) is 5.56 Å². The SMILES string of the molecule is O=C(Cc1ccc(-c2ncc(-c3cc(C(F)(F)F)cc(C(F)(F)F)c3)[nH]2)cc1)c1cscn1. The highest BCUT2D eigenvalue weighted by Gasteiger charge is 2.37. The molecule has 11 heteroatoms. The molecule has 2 aromatic heterocycles. The first-order valence-corrected chi connectivity index (χ1v) is 10.3. The highest BCUT2D eigenvalue weighted by atomic mass is 32.1. The summed E-state index contributed by atoms with van der Waals surface area (Å²) in [4.78, 5) is 23.0. The Morgan fingerprint density at radius 3 is 2.06 bits per heavy atom. The summed E-state index contributed by atoms with van der Waals surface area (Å²) < 4.78 is 78.7. The van der Waals surface area contributed by atoms with Crippen LogP contribution < -0.4 is 0 Å².